The topological polar surface area (TPSA) is 92.7 Å². The number of hydrogen-bond donors (Lipinski definition) is 2. The van der Waals surface area contributed by atoms with Gasteiger partial charge in [-0.25, -0.2) is 19.9 Å². The van der Waals surface area contributed by atoms with E-state index in [1.165, 1.54) is 0 Å². The zero-order chi connectivity index (χ0) is 22.0. The molecule has 7 nitrogen and oxygen atoms in total. The quantitative estimate of drug-likeness (QED) is 0.608. The van der Waals surface area contributed by atoms with Crippen molar-refractivity contribution in [2.75, 3.05) is 12.4 Å². The van der Waals surface area contributed by atoms with Crippen LogP contribution in [-0.2, 0) is 6.42 Å². The zero-order valence-corrected chi connectivity index (χ0v) is 18.4. The van der Waals surface area contributed by atoms with Gasteiger partial charge in [-0.05, 0) is 39.2 Å². The van der Waals surface area contributed by atoms with Crippen molar-refractivity contribution in [2.24, 2.45) is 0 Å². The van der Waals surface area contributed by atoms with Crippen LogP contribution in [0.5, 0.6) is 0 Å². The third kappa shape index (κ3) is 5.05. The van der Waals surface area contributed by atoms with Gasteiger partial charge in [-0.15, -0.1) is 0 Å². The molecule has 3 aromatic rings. The predicted molar refractivity (Wildman–Crippen MR) is 120 cm³/mol. The van der Waals surface area contributed by atoms with Crippen molar-refractivity contribution < 1.29 is 4.79 Å². The number of rotatable bonds is 7. The monoisotopic (exact) mass is 416 g/mol. The Bertz CT molecular complexity index is 1110. The molecule has 0 aliphatic heterocycles. The van der Waals surface area contributed by atoms with E-state index in [4.69, 9.17) is 4.98 Å². The third-order valence-electron chi connectivity index (χ3n) is 5.50. The van der Waals surface area contributed by atoms with Crippen molar-refractivity contribution in [1.29, 1.82) is 0 Å². The number of carbonyl (C=O) groups is 1. The molecule has 2 N–H and O–H groups in total. The number of nitrogens with zero attached hydrogens (tertiary/aromatic N) is 4. The summed E-state index contributed by atoms with van der Waals surface area (Å²) in [5, 5.41) is 6.32. The molecule has 0 radical (unpaired) electrons. The Morgan fingerprint density at radius 1 is 1.13 bits per heavy atom. The highest BCUT2D eigenvalue weighted by Gasteiger charge is 2.28. The van der Waals surface area contributed by atoms with Crippen LogP contribution < -0.4 is 10.6 Å². The van der Waals surface area contributed by atoms with Gasteiger partial charge in [0.15, 0.2) is 0 Å². The summed E-state index contributed by atoms with van der Waals surface area (Å²) < 4.78 is 0. The molecule has 0 saturated heterocycles. The van der Waals surface area contributed by atoms with Crippen molar-refractivity contribution in [1.82, 2.24) is 25.3 Å². The fourth-order valence-electron chi connectivity index (χ4n) is 3.66. The van der Waals surface area contributed by atoms with E-state index in [1.807, 2.05) is 39.1 Å². The first-order chi connectivity index (χ1) is 14.9. The predicted octanol–water partition coefficient (Wildman–Crippen LogP) is 3.82. The van der Waals surface area contributed by atoms with E-state index in [2.05, 4.69) is 44.6 Å². The lowest BCUT2D eigenvalue weighted by atomic mass is 9.99. The summed E-state index contributed by atoms with van der Waals surface area (Å²) in [4.78, 5) is 31.1. The lowest BCUT2D eigenvalue weighted by molar-refractivity contribution is 0.0935. The highest BCUT2D eigenvalue weighted by molar-refractivity contribution is 5.95. The van der Waals surface area contributed by atoms with Crippen LogP contribution in [0.25, 0.3) is 0 Å². The van der Waals surface area contributed by atoms with E-state index in [-0.39, 0.29) is 11.9 Å². The van der Waals surface area contributed by atoms with Gasteiger partial charge in [0.1, 0.15) is 17.5 Å². The Labute approximate surface area is 182 Å². The first-order valence-corrected chi connectivity index (χ1v) is 10.7. The lowest BCUT2D eigenvalue weighted by Gasteiger charge is -2.20. The van der Waals surface area contributed by atoms with Gasteiger partial charge in [0.05, 0.1) is 17.3 Å². The van der Waals surface area contributed by atoms with Gasteiger partial charge in [-0.1, -0.05) is 29.8 Å². The molecule has 1 atom stereocenters. The van der Waals surface area contributed by atoms with Gasteiger partial charge in [-0.3, -0.25) is 4.79 Å². The summed E-state index contributed by atoms with van der Waals surface area (Å²) >= 11 is 0. The fraction of sp³-hybridized carbons (Fsp3) is 0.375. The maximum atomic E-state index is 13.1. The Morgan fingerprint density at radius 2 is 1.94 bits per heavy atom. The lowest BCUT2D eigenvalue weighted by Crippen LogP contribution is -2.31. The average Bonchev–Trinajstić information content (AvgIpc) is 3.58. The van der Waals surface area contributed by atoms with Gasteiger partial charge in [0, 0.05) is 37.3 Å². The molecule has 2 heterocycles. The number of anilines is 1. The average molecular weight is 417 g/mol. The van der Waals surface area contributed by atoms with E-state index < -0.39 is 0 Å². The number of aromatic nitrogens is 4. The van der Waals surface area contributed by atoms with Gasteiger partial charge in [-0.2, -0.15) is 0 Å². The van der Waals surface area contributed by atoms with E-state index in [0.29, 0.717) is 29.4 Å². The first kappa shape index (κ1) is 20.9. The molecule has 0 bridgehead atoms. The van der Waals surface area contributed by atoms with Crippen LogP contribution in [-0.4, -0.2) is 32.9 Å². The molecule has 31 heavy (non-hydrogen) atoms. The van der Waals surface area contributed by atoms with Crippen LogP contribution >= 0.6 is 0 Å². The Hall–Kier alpha value is -3.35. The molecule has 1 saturated carbocycles. The minimum absolute atomic E-state index is 0.186. The number of hydrogen-bond acceptors (Lipinski definition) is 6. The Balaban J connectivity index is 1.65. The molecule has 4 rings (SSSR count). The van der Waals surface area contributed by atoms with Crippen LogP contribution in [0.15, 0.2) is 36.5 Å². The standard InChI is InChI=1S/C24H28N6O/c1-14-6-5-7-18(10-14)21(29-24(31)20-13-26-16(3)27-15(20)2)11-19-12-22(25-4)30-23(28-19)17-8-9-17/h5-7,10,12-13,17,21H,8-9,11H2,1-4H3,(H,29,31)(H,25,28,30)/t21-/m1/s1. The van der Waals surface area contributed by atoms with Crippen LogP contribution in [0.1, 0.15) is 69.3 Å². The molecular formula is C24H28N6O. The van der Waals surface area contributed by atoms with Gasteiger partial charge >= 0.3 is 0 Å². The summed E-state index contributed by atoms with van der Waals surface area (Å²) in [7, 11) is 1.86. The zero-order valence-electron chi connectivity index (χ0n) is 18.4. The Morgan fingerprint density at radius 3 is 2.61 bits per heavy atom. The van der Waals surface area contributed by atoms with Crippen LogP contribution in [0.4, 0.5) is 5.82 Å². The summed E-state index contributed by atoms with van der Waals surface area (Å²) in [5.74, 6) is 2.61. The molecule has 1 aliphatic carbocycles. The molecule has 160 valence electrons. The summed E-state index contributed by atoms with van der Waals surface area (Å²) in [6.45, 7) is 5.70. The molecule has 1 fully saturated rings. The molecule has 2 aromatic heterocycles. The number of nitrogens with one attached hydrogen (secondary N) is 2. The van der Waals surface area contributed by atoms with Crippen molar-refractivity contribution in [3.63, 3.8) is 0 Å². The summed E-state index contributed by atoms with van der Waals surface area (Å²) in [5.41, 5.74) is 4.24. The number of amides is 1. The molecular weight excluding hydrogens is 388 g/mol. The molecule has 0 unspecified atom stereocenters. The SMILES string of the molecule is CNc1cc(C[C@@H](NC(=O)c2cnc(C)nc2C)c2cccc(C)c2)nc(C2CC2)n1. The number of aryl methyl sites for hydroxylation is 3. The second-order valence-electron chi connectivity index (χ2n) is 8.19. The maximum Gasteiger partial charge on any atom is 0.255 e. The van der Waals surface area contributed by atoms with Crippen LogP contribution in [0.2, 0.25) is 0 Å². The molecule has 0 spiro atoms. The van der Waals surface area contributed by atoms with Gasteiger partial charge in [0.25, 0.3) is 5.91 Å². The maximum absolute atomic E-state index is 13.1. The molecule has 1 aromatic carbocycles. The summed E-state index contributed by atoms with van der Waals surface area (Å²) in [6.07, 6.45) is 4.43. The first-order valence-electron chi connectivity index (χ1n) is 10.7. The highest BCUT2D eigenvalue weighted by Crippen LogP contribution is 2.38. The molecule has 7 heteroatoms. The summed E-state index contributed by atoms with van der Waals surface area (Å²) in [6, 6.07) is 9.93. The van der Waals surface area contributed by atoms with Crippen LogP contribution in [0.3, 0.4) is 0 Å². The van der Waals surface area contributed by atoms with E-state index >= 15 is 0 Å². The third-order valence-corrected chi connectivity index (χ3v) is 5.50. The number of carbonyl (C=O) groups excluding carboxylic acids is 1. The molecule has 1 amide bonds. The normalized spacial score (nSPS) is 14.2. The minimum Gasteiger partial charge on any atom is -0.373 e. The molecule has 1 aliphatic rings. The highest BCUT2D eigenvalue weighted by atomic mass is 16.1. The van der Waals surface area contributed by atoms with Gasteiger partial charge in [0.2, 0.25) is 0 Å². The fourth-order valence-corrected chi connectivity index (χ4v) is 3.66. The van der Waals surface area contributed by atoms with Crippen molar-refractivity contribution >= 4 is 11.7 Å². The van der Waals surface area contributed by atoms with E-state index in [0.717, 1.165) is 41.3 Å². The van der Waals surface area contributed by atoms with Crippen molar-refractivity contribution in [3.8, 4) is 0 Å². The van der Waals surface area contributed by atoms with Gasteiger partial charge < -0.3 is 10.6 Å². The minimum atomic E-state index is -0.236. The second-order valence-corrected chi connectivity index (χ2v) is 8.19. The van der Waals surface area contributed by atoms with E-state index in [1.54, 1.807) is 6.20 Å². The van der Waals surface area contributed by atoms with Crippen molar-refractivity contribution in [2.45, 2.75) is 52.0 Å². The Kier molecular flexibility index (Phi) is 5.93. The van der Waals surface area contributed by atoms with E-state index in [9.17, 15) is 4.79 Å². The second kappa shape index (κ2) is 8.79. The smallest absolute Gasteiger partial charge is 0.255 e. The van der Waals surface area contributed by atoms with Crippen LogP contribution in [0, 0.1) is 20.8 Å². The number of benzene rings is 1. The largest absolute Gasteiger partial charge is 0.373 e. The van der Waals surface area contributed by atoms with Crippen molar-refractivity contribution in [3.05, 3.63) is 76.3 Å².